The van der Waals surface area contributed by atoms with Gasteiger partial charge in [-0.1, -0.05) is 13.3 Å². The van der Waals surface area contributed by atoms with Crippen molar-refractivity contribution in [3.05, 3.63) is 0 Å². The lowest BCUT2D eigenvalue weighted by Gasteiger charge is -2.18. The van der Waals surface area contributed by atoms with E-state index in [9.17, 15) is 9.59 Å². The first-order valence-electron chi connectivity index (χ1n) is 5.78. The molecule has 0 spiro atoms. The van der Waals surface area contributed by atoms with Gasteiger partial charge in [0.05, 0.1) is 5.92 Å². The molecule has 0 fully saturated rings. The molecule has 0 aromatic heterocycles. The zero-order valence-electron chi connectivity index (χ0n) is 10.4. The third-order valence-corrected chi connectivity index (χ3v) is 3.16. The summed E-state index contributed by atoms with van der Waals surface area (Å²) in [5.41, 5.74) is 5.50. The van der Waals surface area contributed by atoms with Crippen LogP contribution in [-0.4, -0.2) is 41.6 Å². The minimum atomic E-state index is -0.986. The topological polar surface area (TPSA) is 92.4 Å². The number of carboxylic acid groups (broad SMARTS) is 1. The Morgan fingerprint density at radius 3 is 2.47 bits per heavy atom. The third-order valence-electron chi connectivity index (χ3n) is 2.52. The lowest BCUT2D eigenvalue weighted by molar-refractivity contribution is -0.142. The Labute approximate surface area is 107 Å². The van der Waals surface area contributed by atoms with Crippen LogP contribution in [-0.2, 0) is 9.59 Å². The van der Waals surface area contributed by atoms with E-state index in [4.69, 9.17) is 10.8 Å². The van der Waals surface area contributed by atoms with Crippen molar-refractivity contribution in [2.24, 2.45) is 11.7 Å². The van der Waals surface area contributed by atoms with Gasteiger partial charge in [-0.15, -0.1) is 0 Å². The summed E-state index contributed by atoms with van der Waals surface area (Å²) < 4.78 is 0. The third kappa shape index (κ3) is 6.53. The molecular formula is C11H22N2O3S. The number of rotatable bonds is 9. The second kappa shape index (κ2) is 9.30. The van der Waals surface area contributed by atoms with E-state index in [0.717, 1.165) is 6.42 Å². The quantitative estimate of drug-likeness (QED) is 0.568. The van der Waals surface area contributed by atoms with Crippen molar-refractivity contribution >= 4 is 23.6 Å². The van der Waals surface area contributed by atoms with Crippen LogP contribution in [0.3, 0.4) is 0 Å². The molecule has 0 saturated carbocycles. The average molecular weight is 262 g/mol. The second-order valence-electron chi connectivity index (χ2n) is 3.90. The molecule has 100 valence electrons. The Kier molecular flexibility index (Phi) is 8.89. The molecule has 2 atom stereocenters. The molecule has 0 aromatic rings. The van der Waals surface area contributed by atoms with Crippen LogP contribution in [0.4, 0.5) is 0 Å². The van der Waals surface area contributed by atoms with Crippen LogP contribution < -0.4 is 11.1 Å². The molecule has 0 aliphatic rings. The highest BCUT2D eigenvalue weighted by atomic mass is 32.2. The molecule has 0 heterocycles. The summed E-state index contributed by atoms with van der Waals surface area (Å²) in [7, 11) is 0. The van der Waals surface area contributed by atoms with E-state index in [0.29, 0.717) is 18.6 Å². The maximum atomic E-state index is 11.8. The molecule has 6 heteroatoms. The van der Waals surface area contributed by atoms with E-state index in [1.165, 1.54) is 0 Å². The Balaban J connectivity index is 4.32. The molecular weight excluding hydrogens is 240 g/mol. The minimum absolute atomic E-state index is 0.247. The fourth-order valence-electron chi connectivity index (χ4n) is 1.49. The van der Waals surface area contributed by atoms with E-state index in [1.807, 2.05) is 13.2 Å². The molecule has 0 radical (unpaired) electrons. The van der Waals surface area contributed by atoms with Crippen LogP contribution in [0.1, 0.15) is 26.2 Å². The maximum Gasteiger partial charge on any atom is 0.326 e. The summed E-state index contributed by atoms with van der Waals surface area (Å²) in [5.74, 6) is -0.808. The van der Waals surface area contributed by atoms with Gasteiger partial charge in [0.1, 0.15) is 6.04 Å². The van der Waals surface area contributed by atoms with Gasteiger partial charge in [-0.05, 0) is 24.9 Å². The number of hydrogen-bond acceptors (Lipinski definition) is 4. The molecule has 17 heavy (non-hydrogen) atoms. The standard InChI is InChI=1S/C11H22N2O3S/c1-3-4-8(7-12)10(14)13-9(11(15)16)5-6-17-2/h8-9H,3-7,12H2,1-2H3,(H,13,14)(H,15,16)/t8?,9-/m1/s1. The number of aliphatic carboxylic acids is 1. The van der Waals surface area contributed by atoms with Crippen LogP contribution in [0.15, 0.2) is 0 Å². The SMILES string of the molecule is CCCC(CN)C(=O)N[C@H](CCSC)C(=O)O. The van der Waals surface area contributed by atoms with E-state index >= 15 is 0 Å². The van der Waals surface area contributed by atoms with Gasteiger partial charge in [-0.3, -0.25) is 4.79 Å². The van der Waals surface area contributed by atoms with Gasteiger partial charge in [-0.2, -0.15) is 11.8 Å². The second-order valence-corrected chi connectivity index (χ2v) is 4.89. The number of amides is 1. The van der Waals surface area contributed by atoms with Gasteiger partial charge in [0, 0.05) is 6.54 Å². The zero-order valence-corrected chi connectivity index (χ0v) is 11.3. The highest BCUT2D eigenvalue weighted by Gasteiger charge is 2.23. The van der Waals surface area contributed by atoms with Gasteiger partial charge in [0.25, 0.3) is 0 Å². The number of carbonyl (C=O) groups is 2. The Morgan fingerprint density at radius 2 is 2.06 bits per heavy atom. The van der Waals surface area contributed by atoms with Gasteiger partial charge < -0.3 is 16.2 Å². The number of nitrogens with one attached hydrogen (secondary N) is 1. The summed E-state index contributed by atoms with van der Waals surface area (Å²) in [6.45, 7) is 2.23. The summed E-state index contributed by atoms with van der Waals surface area (Å²) in [5, 5.41) is 11.5. The molecule has 0 bridgehead atoms. The van der Waals surface area contributed by atoms with E-state index < -0.39 is 12.0 Å². The van der Waals surface area contributed by atoms with Crippen LogP contribution in [0.25, 0.3) is 0 Å². The summed E-state index contributed by atoms with van der Waals surface area (Å²) >= 11 is 1.56. The first-order valence-corrected chi connectivity index (χ1v) is 7.18. The molecule has 1 unspecified atom stereocenters. The first kappa shape index (κ1) is 16.2. The molecule has 0 aliphatic heterocycles. The van der Waals surface area contributed by atoms with Gasteiger partial charge in [0.2, 0.25) is 5.91 Å². The van der Waals surface area contributed by atoms with E-state index in [2.05, 4.69) is 5.32 Å². The smallest absolute Gasteiger partial charge is 0.326 e. The predicted octanol–water partition coefficient (Wildman–Crippen LogP) is 0.684. The fraction of sp³-hybridized carbons (Fsp3) is 0.818. The van der Waals surface area contributed by atoms with Gasteiger partial charge >= 0.3 is 5.97 Å². The number of hydrogen-bond donors (Lipinski definition) is 3. The monoisotopic (exact) mass is 262 g/mol. The molecule has 5 nitrogen and oxygen atoms in total. The zero-order chi connectivity index (χ0) is 13.3. The van der Waals surface area contributed by atoms with Crippen molar-refractivity contribution in [2.75, 3.05) is 18.6 Å². The predicted molar refractivity (Wildman–Crippen MR) is 70.0 cm³/mol. The lowest BCUT2D eigenvalue weighted by Crippen LogP contribution is -2.45. The molecule has 0 aromatic carbocycles. The largest absolute Gasteiger partial charge is 0.480 e. The van der Waals surface area contributed by atoms with Crippen molar-refractivity contribution in [1.82, 2.24) is 5.32 Å². The highest BCUT2D eigenvalue weighted by Crippen LogP contribution is 2.07. The molecule has 4 N–H and O–H groups in total. The number of nitrogens with two attached hydrogens (primary N) is 1. The van der Waals surface area contributed by atoms with Crippen LogP contribution >= 0.6 is 11.8 Å². The highest BCUT2D eigenvalue weighted by molar-refractivity contribution is 7.98. The van der Waals surface area contributed by atoms with Crippen molar-refractivity contribution in [1.29, 1.82) is 0 Å². The number of carbonyl (C=O) groups excluding carboxylic acids is 1. The van der Waals surface area contributed by atoms with Crippen LogP contribution in [0.2, 0.25) is 0 Å². The van der Waals surface area contributed by atoms with E-state index in [-0.39, 0.29) is 18.4 Å². The van der Waals surface area contributed by atoms with E-state index in [1.54, 1.807) is 11.8 Å². The molecule has 0 saturated heterocycles. The van der Waals surface area contributed by atoms with Crippen LogP contribution in [0, 0.1) is 5.92 Å². The van der Waals surface area contributed by atoms with Gasteiger partial charge in [0.15, 0.2) is 0 Å². The van der Waals surface area contributed by atoms with Crippen molar-refractivity contribution in [3.63, 3.8) is 0 Å². The molecule has 0 rings (SSSR count). The van der Waals surface area contributed by atoms with Crippen molar-refractivity contribution in [3.8, 4) is 0 Å². The summed E-state index contributed by atoms with van der Waals surface area (Å²) in [6, 6.07) is -0.805. The average Bonchev–Trinajstić information content (AvgIpc) is 2.30. The Hall–Kier alpha value is -0.750. The Morgan fingerprint density at radius 1 is 1.41 bits per heavy atom. The van der Waals surface area contributed by atoms with Crippen molar-refractivity contribution < 1.29 is 14.7 Å². The molecule has 1 amide bonds. The van der Waals surface area contributed by atoms with Gasteiger partial charge in [-0.25, -0.2) is 4.79 Å². The lowest BCUT2D eigenvalue weighted by atomic mass is 10.0. The fourth-order valence-corrected chi connectivity index (χ4v) is 1.96. The van der Waals surface area contributed by atoms with Crippen molar-refractivity contribution in [2.45, 2.75) is 32.2 Å². The number of thioether (sulfide) groups is 1. The first-order chi connectivity index (χ1) is 8.06. The Bertz CT molecular complexity index is 249. The maximum absolute atomic E-state index is 11.8. The minimum Gasteiger partial charge on any atom is -0.480 e. The van der Waals surface area contributed by atoms with Crippen LogP contribution in [0.5, 0.6) is 0 Å². The summed E-state index contributed by atoms with van der Waals surface area (Å²) in [4.78, 5) is 22.7. The normalized spacial score (nSPS) is 14.1. The summed E-state index contributed by atoms with van der Waals surface area (Å²) in [6.07, 6.45) is 3.89. The number of carboxylic acids is 1. The molecule has 0 aliphatic carbocycles.